The smallest absolute Gasteiger partial charge is 0.306 e. The monoisotopic (exact) mass is 715 g/mol. The van der Waals surface area contributed by atoms with E-state index in [0.717, 1.165) is 38.5 Å². The Morgan fingerprint density at radius 3 is 0.780 bits per heavy atom. The third kappa shape index (κ3) is 30.4. The summed E-state index contributed by atoms with van der Waals surface area (Å²) in [6.45, 7) is 3.01. The lowest BCUT2D eigenvalue weighted by Gasteiger charge is -2.32. The van der Waals surface area contributed by atoms with E-state index in [-0.39, 0.29) is 12.8 Å². The summed E-state index contributed by atoms with van der Waals surface area (Å²) in [5.74, 6) is -1.18. The number of unbranched alkanes of at least 4 members (excludes halogenated alkanes) is 28. The zero-order valence-electron chi connectivity index (χ0n) is 32.8. The van der Waals surface area contributed by atoms with Crippen LogP contribution < -0.4 is 0 Å². The first-order chi connectivity index (χ1) is 24.4. The maximum atomic E-state index is 12.6. The molecule has 0 radical (unpaired) electrons. The lowest BCUT2D eigenvalue weighted by Crippen LogP contribution is -2.51. The van der Waals surface area contributed by atoms with Crippen molar-refractivity contribution in [3.63, 3.8) is 0 Å². The molecule has 0 spiro atoms. The van der Waals surface area contributed by atoms with Crippen molar-refractivity contribution in [1.29, 1.82) is 0 Å². The van der Waals surface area contributed by atoms with Gasteiger partial charge in [-0.15, -0.1) is 0 Å². The number of esters is 2. The van der Waals surface area contributed by atoms with Crippen LogP contribution in [0.15, 0.2) is 0 Å². The minimum atomic E-state index is -1.56. The topological polar surface area (TPSA) is 134 Å². The summed E-state index contributed by atoms with van der Waals surface area (Å²) in [6, 6.07) is 0. The van der Waals surface area contributed by atoms with Gasteiger partial charge in [0.2, 0.25) is 0 Å². The number of rotatable bonds is 39. The number of carbonyl (C=O) groups excluding carboxylic acids is 2. The fourth-order valence-corrected chi connectivity index (χ4v) is 6.64. The van der Waals surface area contributed by atoms with Crippen LogP contribution in [-0.2, 0) is 19.1 Å². The number of aliphatic hydroxyl groups is 4. The van der Waals surface area contributed by atoms with Gasteiger partial charge in [-0.05, 0) is 12.8 Å². The molecule has 0 aliphatic carbocycles. The molecule has 0 aromatic carbocycles. The molecule has 8 nitrogen and oxygen atoms in total. The number of aliphatic hydroxyl groups excluding tert-OH is 4. The largest absolute Gasteiger partial charge is 0.455 e. The molecule has 0 fully saturated rings. The highest BCUT2D eigenvalue weighted by molar-refractivity contribution is 5.70. The molecule has 0 aliphatic heterocycles. The zero-order valence-corrected chi connectivity index (χ0v) is 32.8. The second-order valence-corrected chi connectivity index (χ2v) is 14.8. The molecule has 0 unspecified atom stereocenters. The van der Waals surface area contributed by atoms with E-state index in [1.807, 2.05) is 0 Å². The van der Waals surface area contributed by atoms with Gasteiger partial charge in [-0.1, -0.05) is 194 Å². The van der Waals surface area contributed by atoms with Crippen molar-refractivity contribution in [2.45, 2.75) is 244 Å². The number of ether oxygens (including phenoxy) is 2. The molecule has 50 heavy (non-hydrogen) atoms. The zero-order chi connectivity index (χ0) is 36.9. The Morgan fingerprint density at radius 2 is 0.580 bits per heavy atom. The molecular weight excluding hydrogens is 632 g/mol. The van der Waals surface area contributed by atoms with Gasteiger partial charge in [0.1, 0.15) is 12.2 Å². The Kier molecular flexibility index (Phi) is 36.6. The molecule has 4 N–H and O–H groups in total. The number of carbonyl (C=O) groups is 2. The SMILES string of the molecule is CCCCCCCCCCCCCCCCCC(=O)O[C@@H]([C@H](OC(=O)CCCCCCCCCCCCCCCCC)[C@@H](O)CO)[C@H](O)CO. The summed E-state index contributed by atoms with van der Waals surface area (Å²) in [4.78, 5) is 25.3. The molecule has 8 heteroatoms. The van der Waals surface area contributed by atoms with Gasteiger partial charge < -0.3 is 29.9 Å². The Morgan fingerprint density at radius 1 is 0.380 bits per heavy atom. The molecule has 0 rings (SSSR count). The third-order valence-electron chi connectivity index (χ3n) is 9.96. The molecule has 298 valence electrons. The quantitative estimate of drug-likeness (QED) is 0.0365. The van der Waals surface area contributed by atoms with E-state index >= 15 is 0 Å². The average molecular weight is 715 g/mol. The van der Waals surface area contributed by atoms with Crippen molar-refractivity contribution in [2.24, 2.45) is 0 Å². The van der Waals surface area contributed by atoms with Gasteiger partial charge in [-0.2, -0.15) is 0 Å². The first-order valence-corrected chi connectivity index (χ1v) is 21.4. The van der Waals surface area contributed by atoms with Crippen molar-refractivity contribution in [1.82, 2.24) is 0 Å². The van der Waals surface area contributed by atoms with Crippen molar-refractivity contribution >= 4 is 11.9 Å². The highest BCUT2D eigenvalue weighted by Crippen LogP contribution is 2.19. The molecule has 0 aromatic heterocycles. The summed E-state index contributed by atoms with van der Waals surface area (Å²) in [6.07, 6.45) is 30.7. The van der Waals surface area contributed by atoms with Crippen LogP contribution in [-0.4, -0.2) is 70.0 Å². The second kappa shape index (κ2) is 37.5. The van der Waals surface area contributed by atoms with E-state index in [2.05, 4.69) is 13.8 Å². The minimum Gasteiger partial charge on any atom is -0.455 e. The van der Waals surface area contributed by atoms with Gasteiger partial charge in [0, 0.05) is 12.8 Å². The Labute approximate surface area is 307 Å². The predicted octanol–water partition coefficient (Wildman–Crippen LogP) is 10.0. The van der Waals surface area contributed by atoms with Crippen LogP contribution in [0.5, 0.6) is 0 Å². The van der Waals surface area contributed by atoms with Crippen LogP contribution in [0.25, 0.3) is 0 Å². The first kappa shape index (κ1) is 48.8. The summed E-state index contributed by atoms with van der Waals surface area (Å²) in [5, 5.41) is 40.0. The summed E-state index contributed by atoms with van der Waals surface area (Å²) in [7, 11) is 0. The van der Waals surface area contributed by atoms with E-state index in [0.29, 0.717) is 12.8 Å². The number of hydrogen-bond donors (Lipinski definition) is 4. The Hall–Kier alpha value is -1.22. The van der Waals surface area contributed by atoms with Crippen molar-refractivity contribution in [2.75, 3.05) is 13.2 Å². The van der Waals surface area contributed by atoms with Crippen LogP contribution in [0.4, 0.5) is 0 Å². The van der Waals surface area contributed by atoms with Gasteiger partial charge in [0.05, 0.1) is 13.2 Å². The first-order valence-electron chi connectivity index (χ1n) is 21.4. The van der Waals surface area contributed by atoms with Crippen molar-refractivity contribution in [3.05, 3.63) is 0 Å². The van der Waals surface area contributed by atoms with E-state index in [4.69, 9.17) is 9.47 Å². The van der Waals surface area contributed by atoms with Gasteiger partial charge in [0.15, 0.2) is 12.2 Å². The van der Waals surface area contributed by atoms with E-state index in [9.17, 15) is 30.0 Å². The van der Waals surface area contributed by atoms with Crippen LogP contribution >= 0.6 is 0 Å². The van der Waals surface area contributed by atoms with Crippen molar-refractivity contribution in [3.8, 4) is 0 Å². The molecule has 0 aromatic rings. The fourth-order valence-electron chi connectivity index (χ4n) is 6.64. The molecule has 0 saturated heterocycles. The van der Waals surface area contributed by atoms with Crippen molar-refractivity contribution < 1.29 is 39.5 Å². The fraction of sp³-hybridized carbons (Fsp3) is 0.952. The average Bonchev–Trinajstić information content (AvgIpc) is 3.12. The maximum absolute atomic E-state index is 12.6. The molecule has 4 atom stereocenters. The Balaban J connectivity index is 4.20. The van der Waals surface area contributed by atoms with E-state index < -0.39 is 49.6 Å². The lowest BCUT2D eigenvalue weighted by atomic mass is 10.0. The van der Waals surface area contributed by atoms with Gasteiger partial charge in [0.25, 0.3) is 0 Å². The lowest BCUT2D eigenvalue weighted by molar-refractivity contribution is -0.193. The summed E-state index contributed by atoms with van der Waals surface area (Å²) < 4.78 is 10.9. The molecule has 0 heterocycles. The molecule has 0 aliphatic rings. The van der Waals surface area contributed by atoms with Crippen LogP contribution in [0.3, 0.4) is 0 Å². The Bertz CT molecular complexity index is 673. The predicted molar refractivity (Wildman–Crippen MR) is 205 cm³/mol. The van der Waals surface area contributed by atoms with Crippen LogP contribution in [0.2, 0.25) is 0 Å². The minimum absolute atomic E-state index is 0.127. The van der Waals surface area contributed by atoms with Gasteiger partial charge in [-0.25, -0.2) is 0 Å². The summed E-state index contributed by atoms with van der Waals surface area (Å²) >= 11 is 0. The summed E-state index contributed by atoms with van der Waals surface area (Å²) in [5.41, 5.74) is 0. The molecule has 0 bridgehead atoms. The number of hydrogen-bond acceptors (Lipinski definition) is 8. The highest BCUT2D eigenvalue weighted by Gasteiger charge is 2.39. The molecular formula is C42H82O8. The van der Waals surface area contributed by atoms with Crippen LogP contribution in [0, 0.1) is 0 Å². The second-order valence-electron chi connectivity index (χ2n) is 14.8. The highest BCUT2D eigenvalue weighted by atomic mass is 16.6. The van der Waals surface area contributed by atoms with Gasteiger partial charge in [-0.3, -0.25) is 9.59 Å². The normalized spacial score (nSPS) is 14.0. The maximum Gasteiger partial charge on any atom is 0.306 e. The van der Waals surface area contributed by atoms with Gasteiger partial charge >= 0.3 is 11.9 Å². The van der Waals surface area contributed by atoms with E-state index in [1.165, 1.54) is 141 Å². The molecule has 0 saturated carbocycles. The van der Waals surface area contributed by atoms with Crippen LogP contribution in [0.1, 0.15) is 219 Å². The molecule has 0 amide bonds. The standard InChI is InChI=1S/C42H82O8/c1-3-5-7-9-11-13-15-17-19-21-23-25-27-29-31-33-39(47)49-41(37(45)35-43)42(38(46)36-44)50-40(48)34-32-30-28-26-24-22-20-18-16-14-12-10-8-6-4-2/h37-38,41-46H,3-36H2,1-2H3/t37-,38+,41-,42-/m1/s1. The van der Waals surface area contributed by atoms with E-state index in [1.54, 1.807) is 0 Å². The third-order valence-corrected chi connectivity index (χ3v) is 9.96.